The highest BCUT2D eigenvalue weighted by Crippen LogP contribution is 2.44. The van der Waals surface area contributed by atoms with Crippen molar-refractivity contribution in [2.45, 2.75) is 5.92 Å². The summed E-state index contributed by atoms with van der Waals surface area (Å²) in [4.78, 5) is 16.3. The number of nitrogens with zero attached hydrogens (tertiary/aromatic N) is 1. The summed E-state index contributed by atoms with van der Waals surface area (Å²) in [6.45, 7) is 0.589. The number of fused-ring (bicyclic) bond motifs is 3. The highest BCUT2D eigenvalue weighted by atomic mass is 35.5. The van der Waals surface area contributed by atoms with Crippen LogP contribution in [0, 0.1) is 0 Å². The second-order valence-corrected chi connectivity index (χ2v) is 7.47. The zero-order chi connectivity index (χ0) is 20.2. The van der Waals surface area contributed by atoms with Gasteiger partial charge in [0.1, 0.15) is 6.61 Å². The monoisotopic (exact) mass is 424 g/mol. The summed E-state index contributed by atoms with van der Waals surface area (Å²) in [5.74, 6) is 0.0424. The molecule has 1 amide bonds. The fraction of sp³-hybridized carbons (Fsp3) is 0.130. The van der Waals surface area contributed by atoms with E-state index in [9.17, 15) is 4.79 Å². The molecule has 2 aromatic carbocycles. The van der Waals surface area contributed by atoms with Crippen LogP contribution in [0.3, 0.4) is 0 Å². The highest BCUT2D eigenvalue weighted by molar-refractivity contribution is 6.35. The zero-order valence-corrected chi connectivity index (χ0v) is 17.0. The third kappa shape index (κ3) is 4.29. The lowest BCUT2D eigenvalue weighted by molar-refractivity contribution is 0.144. The Morgan fingerprint density at radius 2 is 1.72 bits per heavy atom. The van der Waals surface area contributed by atoms with Crippen LogP contribution >= 0.6 is 23.2 Å². The molecule has 0 fully saturated rings. The van der Waals surface area contributed by atoms with Gasteiger partial charge >= 0.3 is 6.09 Å². The Hall–Kier alpha value is -2.82. The van der Waals surface area contributed by atoms with E-state index in [1.165, 1.54) is 28.5 Å². The average Bonchev–Trinajstić information content (AvgIpc) is 3.05. The molecule has 0 saturated heterocycles. The minimum absolute atomic E-state index is 0.0424. The number of alkyl carbamates (subject to hydrolysis) is 1. The zero-order valence-electron chi connectivity index (χ0n) is 15.4. The van der Waals surface area contributed by atoms with Gasteiger partial charge in [0, 0.05) is 18.7 Å². The van der Waals surface area contributed by atoms with Crippen molar-refractivity contribution in [2.75, 3.05) is 13.2 Å². The fourth-order valence-electron chi connectivity index (χ4n) is 3.51. The van der Waals surface area contributed by atoms with Crippen LogP contribution in [-0.4, -0.2) is 24.2 Å². The lowest BCUT2D eigenvalue weighted by Gasteiger charge is -2.14. The normalized spacial score (nSPS) is 12.6. The molecule has 0 radical (unpaired) electrons. The molecule has 1 heterocycles. The van der Waals surface area contributed by atoms with Gasteiger partial charge < -0.3 is 10.1 Å². The van der Waals surface area contributed by atoms with E-state index < -0.39 is 6.09 Å². The number of halogens is 2. The summed E-state index contributed by atoms with van der Waals surface area (Å²) in [7, 11) is 0. The van der Waals surface area contributed by atoms with Crippen LogP contribution in [0.4, 0.5) is 4.79 Å². The molecular formula is C23H18Cl2N2O2. The quantitative estimate of drug-likeness (QED) is 0.551. The first kappa shape index (κ1) is 19.5. The van der Waals surface area contributed by atoms with Crippen LogP contribution in [0.25, 0.3) is 17.2 Å². The van der Waals surface area contributed by atoms with E-state index in [4.69, 9.17) is 27.9 Å². The molecule has 4 nitrogen and oxygen atoms in total. The van der Waals surface area contributed by atoms with Gasteiger partial charge in [0.15, 0.2) is 0 Å². The Labute approximate surface area is 179 Å². The molecule has 1 aliphatic rings. The smallest absolute Gasteiger partial charge is 0.407 e. The maximum atomic E-state index is 12.1. The van der Waals surface area contributed by atoms with Crippen molar-refractivity contribution in [3.63, 3.8) is 0 Å². The van der Waals surface area contributed by atoms with Crippen molar-refractivity contribution < 1.29 is 9.53 Å². The van der Waals surface area contributed by atoms with E-state index in [2.05, 4.69) is 34.6 Å². The first-order valence-electron chi connectivity index (χ1n) is 9.20. The standard InChI is InChI=1S/C23H18Cl2N2O2/c24-15-12-21(25)22(27-13-15)10-5-11-26-23(28)29-14-20-18-8-3-1-6-16(18)17-7-2-4-9-19(17)20/h1-10,12-13,20H,11,14H2,(H,26,28). The number of carbonyl (C=O) groups is 1. The van der Waals surface area contributed by atoms with Crippen molar-refractivity contribution in [1.82, 2.24) is 10.3 Å². The minimum atomic E-state index is -0.466. The van der Waals surface area contributed by atoms with Crippen LogP contribution in [0.5, 0.6) is 0 Å². The Bertz CT molecular complexity index is 1040. The molecule has 0 saturated carbocycles. The minimum Gasteiger partial charge on any atom is -0.449 e. The number of hydrogen-bond acceptors (Lipinski definition) is 3. The van der Waals surface area contributed by atoms with Gasteiger partial charge in [-0.05, 0) is 34.4 Å². The number of amides is 1. The Morgan fingerprint density at radius 1 is 1.07 bits per heavy atom. The van der Waals surface area contributed by atoms with E-state index in [-0.39, 0.29) is 12.5 Å². The molecule has 3 aromatic rings. The predicted molar refractivity (Wildman–Crippen MR) is 116 cm³/mol. The summed E-state index contributed by atoms with van der Waals surface area (Å²) < 4.78 is 5.49. The maximum Gasteiger partial charge on any atom is 0.407 e. The Morgan fingerprint density at radius 3 is 2.38 bits per heavy atom. The lowest BCUT2D eigenvalue weighted by Crippen LogP contribution is -2.26. The van der Waals surface area contributed by atoms with Gasteiger partial charge in [-0.3, -0.25) is 4.98 Å². The molecule has 1 aromatic heterocycles. The summed E-state index contributed by atoms with van der Waals surface area (Å²) in [6.07, 6.45) is 4.53. The summed E-state index contributed by atoms with van der Waals surface area (Å²) in [6, 6.07) is 18.1. The molecule has 1 aliphatic carbocycles. The lowest BCUT2D eigenvalue weighted by atomic mass is 9.98. The molecule has 146 valence electrons. The molecule has 4 rings (SSSR count). The van der Waals surface area contributed by atoms with Gasteiger partial charge in [-0.1, -0.05) is 77.8 Å². The summed E-state index contributed by atoms with van der Waals surface area (Å²) in [5.41, 5.74) is 5.36. The van der Waals surface area contributed by atoms with Crippen LogP contribution in [0.1, 0.15) is 22.7 Å². The van der Waals surface area contributed by atoms with E-state index in [0.717, 1.165) is 0 Å². The highest BCUT2D eigenvalue weighted by Gasteiger charge is 2.28. The Balaban J connectivity index is 1.34. The molecule has 0 spiro atoms. The third-order valence-electron chi connectivity index (χ3n) is 4.82. The van der Waals surface area contributed by atoms with Gasteiger partial charge in [0.25, 0.3) is 0 Å². The van der Waals surface area contributed by atoms with Crippen LogP contribution in [0.2, 0.25) is 10.0 Å². The second-order valence-electron chi connectivity index (χ2n) is 6.63. The average molecular weight is 425 g/mol. The molecular weight excluding hydrogens is 407 g/mol. The number of ether oxygens (including phenoxy) is 1. The van der Waals surface area contributed by atoms with E-state index in [1.54, 1.807) is 18.2 Å². The Kier molecular flexibility index (Phi) is 5.84. The van der Waals surface area contributed by atoms with Crippen molar-refractivity contribution in [3.8, 4) is 11.1 Å². The van der Waals surface area contributed by atoms with Gasteiger partial charge in [0.2, 0.25) is 0 Å². The molecule has 0 aliphatic heterocycles. The number of rotatable bonds is 5. The summed E-state index contributed by atoms with van der Waals surface area (Å²) in [5, 5.41) is 3.64. The first-order valence-corrected chi connectivity index (χ1v) is 9.95. The topological polar surface area (TPSA) is 51.2 Å². The van der Waals surface area contributed by atoms with Gasteiger partial charge in [-0.15, -0.1) is 0 Å². The van der Waals surface area contributed by atoms with Crippen LogP contribution < -0.4 is 5.32 Å². The molecule has 29 heavy (non-hydrogen) atoms. The molecule has 0 unspecified atom stereocenters. The number of nitrogens with one attached hydrogen (secondary N) is 1. The molecule has 1 N–H and O–H groups in total. The predicted octanol–water partition coefficient (Wildman–Crippen LogP) is 5.94. The van der Waals surface area contributed by atoms with E-state index in [0.29, 0.717) is 22.3 Å². The van der Waals surface area contributed by atoms with Crippen molar-refractivity contribution >= 4 is 35.4 Å². The number of hydrogen-bond donors (Lipinski definition) is 1. The van der Waals surface area contributed by atoms with Crippen molar-refractivity contribution in [3.05, 3.63) is 93.7 Å². The maximum absolute atomic E-state index is 12.1. The fourth-order valence-corrected chi connectivity index (χ4v) is 3.95. The number of carbonyl (C=O) groups excluding carboxylic acids is 1. The third-order valence-corrected chi connectivity index (χ3v) is 5.33. The van der Waals surface area contributed by atoms with Gasteiger partial charge in [-0.2, -0.15) is 0 Å². The molecule has 0 atom stereocenters. The van der Waals surface area contributed by atoms with Crippen molar-refractivity contribution in [2.24, 2.45) is 0 Å². The SMILES string of the molecule is O=C(NCC=Cc1ncc(Cl)cc1Cl)OCC1c2ccccc2-c2ccccc21. The van der Waals surface area contributed by atoms with Crippen LogP contribution in [-0.2, 0) is 4.74 Å². The van der Waals surface area contributed by atoms with Crippen molar-refractivity contribution in [1.29, 1.82) is 0 Å². The number of benzene rings is 2. The van der Waals surface area contributed by atoms with Crippen LogP contribution in [0.15, 0.2) is 66.9 Å². The van der Waals surface area contributed by atoms with Gasteiger partial charge in [0.05, 0.1) is 15.7 Å². The number of pyridine rings is 1. The van der Waals surface area contributed by atoms with E-state index in [1.807, 2.05) is 24.3 Å². The number of aromatic nitrogens is 1. The van der Waals surface area contributed by atoms with E-state index >= 15 is 0 Å². The molecule has 6 heteroatoms. The first-order chi connectivity index (χ1) is 14.1. The van der Waals surface area contributed by atoms with Gasteiger partial charge in [-0.25, -0.2) is 4.79 Å². The summed E-state index contributed by atoms with van der Waals surface area (Å²) >= 11 is 11.9. The largest absolute Gasteiger partial charge is 0.449 e. The second kappa shape index (κ2) is 8.68. The molecule has 0 bridgehead atoms.